The van der Waals surface area contributed by atoms with Gasteiger partial charge in [-0.15, -0.1) is 0 Å². The van der Waals surface area contributed by atoms with Crippen LogP contribution in [0.1, 0.15) is 55.4 Å². The van der Waals surface area contributed by atoms with Gasteiger partial charge in [-0.1, -0.05) is 0 Å². The van der Waals surface area contributed by atoms with Crippen molar-refractivity contribution < 1.29 is 19.2 Å². The average molecular weight is 270 g/mol. The monoisotopic (exact) mass is 270 g/mol. The van der Waals surface area contributed by atoms with Gasteiger partial charge in [0, 0.05) is 6.51 Å². The van der Waals surface area contributed by atoms with Crippen LogP contribution in [0.15, 0.2) is 0 Å². The Hall–Kier alpha value is -0.0301. The molecule has 110 valence electrons. The summed E-state index contributed by atoms with van der Waals surface area (Å²) in [7, 11) is 0.412. The van der Waals surface area contributed by atoms with Gasteiger partial charge in [0.2, 0.25) is 7.17 Å². The Kier molecular flexibility index (Phi) is 4.54. The molecule has 1 rings (SSSR count). The molecular formula is C13H28B2O4. The summed E-state index contributed by atoms with van der Waals surface area (Å²) in [6.07, 6.45) is 0. The molecule has 0 unspecified atom stereocenters. The minimum atomic E-state index is -0.886. The van der Waals surface area contributed by atoms with Crippen LogP contribution in [0.5, 0.6) is 0 Å². The van der Waals surface area contributed by atoms with Crippen molar-refractivity contribution in [2.45, 2.75) is 77.8 Å². The van der Waals surface area contributed by atoms with E-state index < -0.39 is 11.2 Å². The van der Waals surface area contributed by atoms with E-state index in [0.717, 1.165) is 0 Å². The summed E-state index contributed by atoms with van der Waals surface area (Å²) >= 11 is 0. The van der Waals surface area contributed by atoms with Crippen LogP contribution in [0.25, 0.3) is 0 Å². The topological polar surface area (TPSA) is 47.9 Å². The second-order valence-electron chi connectivity index (χ2n) is 7.39. The van der Waals surface area contributed by atoms with Gasteiger partial charge in [0.15, 0.2) is 0 Å². The number of hydrogen-bond donors (Lipinski definition) is 1. The van der Waals surface area contributed by atoms with Crippen molar-refractivity contribution in [1.82, 2.24) is 0 Å². The molecule has 0 aromatic rings. The fourth-order valence-electron chi connectivity index (χ4n) is 1.67. The van der Waals surface area contributed by atoms with Gasteiger partial charge < -0.3 is 19.2 Å². The van der Waals surface area contributed by atoms with Crippen molar-refractivity contribution in [3.05, 3.63) is 0 Å². The average Bonchev–Trinajstić information content (AvgIpc) is 2.32. The van der Waals surface area contributed by atoms with Crippen LogP contribution < -0.4 is 0 Å². The first kappa shape index (κ1) is 17.0. The lowest BCUT2D eigenvalue weighted by molar-refractivity contribution is -0.135. The van der Waals surface area contributed by atoms with E-state index >= 15 is 0 Å². The molecule has 0 amide bonds. The van der Waals surface area contributed by atoms with Crippen LogP contribution in [-0.4, -0.2) is 48.2 Å². The predicted octanol–water partition coefficient (Wildman–Crippen LogP) is 1.54. The lowest BCUT2D eigenvalue weighted by Gasteiger charge is -2.37. The number of aliphatic hydroxyl groups is 1. The van der Waals surface area contributed by atoms with Gasteiger partial charge in [-0.3, -0.25) is 0 Å². The van der Waals surface area contributed by atoms with Crippen LogP contribution in [0.2, 0.25) is 0 Å². The molecule has 0 aromatic heterocycles. The standard InChI is InChI=1S/C13H28B2O4/c1-10(2,16)11(3,4)17-9-14-15-18-12(5,6)13(7,8)19-15/h14,16H,9H2,1-8H3. The quantitative estimate of drug-likeness (QED) is 0.770. The minimum Gasteiger partial charge on any atom is -0.410 e. The zero-order chi connectivity index (χ0) is 15.1. The molecule has 4 nitrogen and oxygen atoms in total. The first-order chi connectivity index (χ1) is 8.29. The third-order valence-corrected chi connectivity index (χ3v) is 4.59. The summed E-state index contributed by atoms with van der Waals surface area (Å²) in [4.78, 5) is 0. The lowest BCUT2D eigenvalue weighted by atomic mass is 9.44. The molecule has 0 radical (unpaired) electrons. The van der Waals surface area contributed by atoms with Gasteiger partial charge in [-0.25, -0.2) is 0 Å². The molecule has 1 heterocycles. The van der Waals surface area contributed by atoms with Crippen LogP contribution in [0, 0.1) is 0 Å². The molecule has 0 aliphatic carbocycles. The van der Waals surface area contributed by atoms with Crippen molar-refractivity contribution in [2.24, 2.45) is 0 Å². The van der Waals surface area contributed by atoms with E-state index in [1.165, 1.54) is 0 Å². The third-order valence-electron chi connectivity index (χ3n) is 4.59. The summed E-state index contributed by atoms with van der Waals surface area (Å²) in [6.45, 7) is 15.9. The molecule has 0 bridgehead atoms. The Morgan fingerprint density at radius 2 is 1.47 bits per heavy atom. The normalized spacial score (nSPS) is 22.7. The van der Waals surface area contributed by atoms with Gasteiger partial charge in [-0.05, 0) is 55.4 Å². The highest BCUT2D eigenvalue weighted by Gasteiger charge is 2.50. The molecule has 1 aliphatic rings. The van der Waals surface area contributed by atoms with Gasteiger partial charge in [0.25, 0.3) is 0 Å². The van der Waals surface area contributed by atoms with E-state index in [2.05, 4.69) is 0 Å². The first-order valence-electron chi connectivity index (χ1n) is 7.00. The molecule has 0 saturated carbocycles. The fraction of sp³-hybridized carbons (Fsp3) is 1.00. The summed E-state index contributed by atoms with van der Waals surface area (Å²) in [5, 5.41) is 10.0. The van der Waals surface area contributed by atoms with Crippen molar-refractivity contribution in [1.29, 1.82) is 0 Å². The van der Waals surface area contributed by atoms with Crippen LogP contribution >= 0.6 is 0 Å². The predicted molar refractivity (Wildman–Crippen MR) is 79.6 cm³/mol. The van der Waals surface area contributed by atoms with E-state index in [1.54, 1.807) is 13.8 Å². The van der Waals surface area contributed by atoms with E-state index in [0.29, 0.717) is 13.7 Å². The summed E-state index contributed by atoms with van der Waals surface area (Å²) in [5.74, 6) is 0. The maximum absolute atomic E-state index is 10.0. The molecule has 1 fully saturated rings. The van der Waals surface area contributed by atoms with Crippen molar-refractivity contribution >= 4 is 14.2 Å². The Balaban J connectivity index is 2.45. The van der Waals surface area contributed by atoms with Crippen molar-refractivity contribution in [3.63, 3.8) is 0 Å². The van der Waals surface area contributed by atoms with E-state index in [4.69, 9.17) is 14.0 Å². The highest BCUT2D eigenvalue weighted by Crippen LogP contribution is 2.36. The summed E-state index contributed by atoms with van der Waals surface area (Å²) < 4.78 is 17.6. The second kappa shape index (κ2) is 5.06. The smallest absolute Gasteiger partial charge is 0.405 e. The molecule has 19 heavy (non-hydrogen) atoms. The molecular weight excluding hydrogens is 242 g/mol. The SMILES string of the molecule is CC(C)(O)C(C)(C)OCBB1OC(C)(C)C(C)(C)O1. The number of hydrogen-bond acceptors (Lipinski definition) is 4. The lowest BCUT2D eigenvalue weighted by Crippen LogP contribution is -2.48. The first-order valence-corrected chi connectivity index (χ1v) is 7.00. The highest BCUT2D eigenvalue weighted by atomic mass is 16.7. The second-order valence-corrected chi connectivity index (χ2v) is 7.39. The van der Waals surface area contributed by atoms with Crippen molar-refractivity contribution in [3.8, 4) is 0 Å². The Morgan fingerprint density at radius 1 is 1.05 bits per heavy atom. The maximum Gasteiger partial charge on any atom is 0.405 e. The Bertz CT molecular complexity index is 305. The van der Waals surface area contributed by atoms with Crippen LogP contribution in [0.4, 0.5) is 0 Å². The number of ether oxygens (including phenoxy) is 1. The molecule has 6 heteroatoms. The Labute approximate surface area is 118 Å². The van der Waals surface area contributed by atoms with Crippen LogP contribution in [0.3, 0.4) is 0 Å². The minimum absolute atomic E-state index is 0.248. The van der Waals surface area contributed by atoms with Crippen LogP contribution in [-0.2, 0) is 14.0 Å². The molecule has 1 saturated heterocycles. The van der Waals surface area contributed by atoms with E-state index in [1.807, 2.05) is 41.5 Å². The largest absolute Gasteiger partial charge is 0.410 e. The maximum atomic E-state index is 10.0. The zero-order valence-electron chi connectivity index (χ0n) is 13.7. The fourth-order valence-corrected chi connectivity index (χ4v) is 1.67. The number of rotatable bonds is 5. The molecule has 1 N–H and O–H groups in total. The molecule has 0 aromatic carbocycles. The molecule has 1 aliphatic heterocycles. The van der Waals surface area contributed by atoms with Gasteiger partial charge in [-0.2, -0.15) is 0 Å². The van der Waals surface area contributed by atoms with E-state index in [-0.39, 0.29) is 18.2 Å². The van der Waals surface area contributed by atoms with Gasteiger partial charge in [0.1, 0.15) is 0 Å². The molecule has 0 atom stereocenters. The third kappa shape index (κ3) is 3.75. The van der Waals surface area contributed by atoms with Gasteiger partial charge in [0.05, 0.1) is 22.4 Å². The van der Waals surface area contributed by atoms with E-state index in [9.17, 15) is 5.11 Å². The summed E-state index contributed by atoms with van der Waals surface area (Å²) in [6, 6.07) is 0. The summed E-state index contributed by atoms with van der Waals surface area (Å²) in [5.41, 5.74) is -2.09. The van der Waals surface area contributed by atoms with Gasteiger partial charge >= 0.3 is 7.01 Å². The zero-order valence-corrected chi connectivity index (χ0v) is 13.7. The molecule has 0 spiro atoms. The van der Waals surface area contributed by atoms with Crippen molar-refractivity contribution in [2.75, 3.05) is 6.51 Å². The highest BCUT2D eigenvalue weighted by molar-refractivity contribution is 7.06. The Morgan fingerprint density at radius 3 is 1.84 bits per heavy atom.